The van der Waals surface area contributed by atoms with E-state index in [0.717, 1.165) is 0 Å². The Bertz CT molecular complexity index is 1570. The van der Waals surface area contributed by atoms with Crippen molar-refractivity contribution >= 4 is 81.0 Å². The van der Waals surface area contributed by atoms with Crippen LogP contribution in [0.25, 0.3) is 0 Å². The summed E-state index contributed by atoms with van der Waals surface area (Å²) in [7, 11) is -6.88. The van der Waals surface area contributed by atoms with Gasteiger partial charge in [-0.25, -0.2) is 0 Å². The van der Waals surface area contributed by atoms with Crippen LogP contribution in [0.4, 0.5) is 0 Å². The molecule has 0 bridgehead atoms. The first-order valence-corrected chi connectivity index (χ1v) is 32.4. The Morgan fingerprint density at radius 3 is 0.509 bits per heavy atom. The van der Waals surface area contributed by atoms with Gasteiger partial charge in [0.25, 0.3) is 0 Å². The van der Waals surface area contributed by atoms with E-state index < -0.39 is 38.4 Å². The highest BCUT2D eigenvalue weighted by Crippen LogP contribution is 2.38. The van der Waals surface area contributed by atoms with Gasteiger partial charge in [-0.15, -0.1) is 0 Å². The highest BCUT2D eigenvalue weighted by atomic mass is 28.3. The van der Waals surface area contributed by atoms with Gasteiger partial charge in [0.05, 0.1) is 32.3 Å². The van der Waals surface area contributed by atoms with Crippen LogP contribution < -0.4 is 42.6 Å². The monoisotopic (exact) mass is 776 g/mol. The Morgan fingerprint density at radius 1 is 0.264 bits per heavy atom. The molecule has 0 atom stereocenters. The molecule has 5 heteroatoms. The average molecular weight is 776 g/mol. The fourth-order valence-corrected chi connectivity index (χ4v) is 15.1. The van der Waals surface area contributed by atoms with Gasteiger partial charge in [0.1, 0.15) is 6.15 Å². The molecular formula is C48H76BSi4-. The SMILES string of the molecule is CC(C)(C)[Si](C)(C)c1ccc([B-](c2ccc([Si](C)(C)C(C)(C)C)cc2)(c2ccc([Si](C)(C)C(C)(C)C)cc2)c2ccc([Si](C)(C)C(C)(C)C)cc2)cc1. The summed E-state index contributed by atoms with van der Waals surface area (Å²) in [4.78, 5) is 0. The van der Waals surface area contributed by atoms with Crippen LogP contribution in [0.3, 0.4) is 0 Å². The molecule has 0 saturated carbocycles. The van der Waals surface area contributed by atoms with Gasteiger partial charge in [0.15, 0.2) is 0 Å². The van der Waals surface area contributed by atoms with Crippen LogP contribution >= 0.6 is 0 Å². The van der Waals surface area contributed by atoms with Crippen molar-refractivity contribution in [3.8, 4) is 0 Å². The third-order valence-corrected chi connectivity index (χ3v) is 38.1. The highest BCUT2D eigenvalue weighted by Gasteiger charge is 2.41. The lowest BCUT2D eigenvalue weighted by atomic mass is 9.13. The molecule has 0 saturated heterocycles. The number of hydrogen-bond donors (Lipinski definition) is 0. The highest BCUT2D eigenvalue weighted by molar-refractivity contribution is 7.20. The fraction of sp³-hybridized carbons (Fsp3) is 0.500. The molecule has 0 fully saturated rings. The van der Waals surface area contributed by atoms with E-state index in [2.05, 4.69) is 233 Å². The summed E-state index contributed by atoms with van der Waals surface area (Å²) in [5.41, 5.74) is 5.64. The van der Waals surface area contributed by atoms with E-state index in [1.54, 1.807) is 0 Å². The van der Waals surface area contributed by atoms with E-state index in [1.807, 2.05) is 0 Å². The van der Waals surface area contributed by atoms with Crippen molar-refractivity contribution in [3.63, 3.8) is 0 Å². The molecular weight excluding hydrogens is 700 g/mol. The van der Waals surface area contributed by atoms with Gasteiger partial charge >= 0.3 is 0 Å². The smallest absolute Gasteiger partial charge is 0.108 e. The summed E-state index contributed by atoms with van der Waals surface area (Å²) in [6, 6.07) is 40.1. The minimum Gasteiger partial charge on any atom is -0.195 e. The minimum atomic E-state index is -1.72. The van der Waals surface area contributed by atoms with Crippen LogP contribution in [0, 0.1) is 0 Å². The standard InChI is InChI=1S/C48H76BSi4/c1-45(2,3)50(13,14)41-29-21-37(22-30-41)49(38-23-31-42(32-24-38)51(15,16)46(4,5)6,39-25-33-43(34-26-39)52(17,18)47(7,8)9)40-27-35-44(36-28-40)53(19,20)48(10,11)12/h21-36H,1-20H3/q-1. The lowest BCUT2D eigenvalue weighted by molar-refractivity contribution is 0.729. The number of hydrogen-bond acceptors (Lipinski definition) is 0. The third-order valence-electron chi connectivity index (χ3n) is 16.0. The summed E-state index contributed by atoms with van der Waals surface area (Å²) in [6.45, 7) is 49.5. The first-order valence-electron chi connectivity index (χ1n) is 20.4. The lowest BCUT2D eigenvalue weighted by Gasteiger charge is -2.46. The normalized spacial score (nSPS) is 14.4. The first kappa shape index (κ1) is 43.5. The van der Waals surface area contributed by atoms with Crippen molar-refractivity contribution in [1.82, 2.24) is 0 Å². The first-order chi connectivity index (χ1) is 23.8. The van der Waals surface area contributed by atoms with Crippen LogP contribution in [0.5, 0.6) is 0 Å². The Labute approximate surface area is 332 Å². The molecule has 0 heterocycles. The second-order valence-corrected chi connectivity index (χ2v) is 44.2. The van der Waals surface area contributed by atoms with Gasteiger partial charge in [0, 0.05) is 0 Å². The zero-order chi connectivity index (χ0) is 40.4. The van der Waals surface area contributed by atoms with E-state index in [1.165, 1.54) is 42.6 Å². The minimum absolute atomic E-state index is 0.273. The Hall–Kier alpha value is -2.19. The van der Waals surface area contributed by atoms with Crippen molar-refractivity contribution in [3.05, 3.63) is 97.1 Å². The van der Waals surface area contributed by atoms with E-state index >= 15 is 0 Å². The molecule has 0 radical (unpaired) electrons. The van der Waals surface area contributed by atoms with Gasteiger partial charge in [-0.1, -0.05) is 253 Å². The molecule has 0 nitrogen and oxygen atoms in total. The molecule has 0 aromatic heterocycles. The molecule has 53 heavy (non-hydrogen) atoms. The molecule has 0 aliphatic carbocycles. The summed E-state index contributed by atoms with van der Waals surface area (Å²) in [6.07, 6.45) is -1.50. The van der Waals surface area contributed by atoms with Crippen LogP contribution in [-0.4, -0.2) is 38.4 Å². The van der Waals surface area contributed by atoms with E-state index in [-0.39, 0.29) is 20.2 Å². The van der Waals surface area contributed by atoms with Crippen molar-refractivity contribution < 1.29 is 0 Å². The molecule has 0 amide bonds. The largest absolute Gasteiger partial charge is 0.195 e. The summed E-state index contributed by atoms with van der Waals surface area (Å²) >= 11 is 0. The molecule has 0 spiro atoms. The van der Waals surface area contributed by atoms with E-state index in [0.29, 0.717) is 0 Å². The van der Waals surface area contributed by atoms with E-state index in [4.69, 9.17) is 0 Å². The molecule has 0 unspecified atom stereocenters. The number of benzene rings is 4. The Balaban J connectivity index is 2.14. The topological polar surface area (TPSA) is 0 Å². The predicted molar refractivity (Wildman–Crippen MR) is 257 cm³/mol. The quantitative estimate of drug-likeness (QED) is 0.157. The van der Waals surface area contributed by atoms with Crippen LogP contribution in [0.2, 0.25) is 72.5 Å². The van der Waals surface area contributed by atoms with Crippen molar-refractivity contribution in [2.45, 2.75) is 156 Å². The summed E-state index contributed by atoms with van der Waals surface area (Å²) < 4.78 is 0. The second-order valence-electron chi connectivity index (χ2n) is 22.9. The molecule has 0 N–H and O–H groups in total. The van der Waals surface area contributed by atoms with Gasteiger partial charge < -0.3 is 0 Å². The maximum Gasteiger partial charge on any atom is 0.108 e. The van der Waals surface area contributed by atoms with Crippen molar-refractivity contribution in [2.24, 2.45) is 0 Å². The van der Waals surface area contributed by atoms with Gasteiger partial charge in [-0.3, -0.25) is 0 Å². The molecule has 0 aliphatic rings. The zero-order valence-electron chi connectivity index (χ0n) is 37.8. The van der Waals surface area contributed by atoms with Crippen molar-refractivity contribution in [1.29, 1.82) is 0 Å². The van der Waals surface area contributed by atoms with Crippen LogP contribution in [-0.2, 0) is 0 Å². The number of rotatable bonds is 8. The predicted octanol–water partition coefficient (Wildman–Crippen LogP) is 9.93. The molecule has 4 aromatic carbocycles. The lowest BCUT2D eigenvalue weighted by Crippen LogP contribution is -2.75. The third kappa shape index (κ3) is 7.67. The van der Waals surface area contributed by atoms with Crippen molar-refractivity contribution in [2.75, 3.05) is 0 Å². The van der Waals surface area contributed by atoms with Crippen LogP contribution in [0.1, 0.15) is 83.1 Å². The van der Waals surface area contributed by atoms with E-state index in [9.17, 15) is 0 Å². The van der Waals surface area contributed by atoms with Gasteiger partial charge in [-0.2, -0.15) is 21.9 Å². The molecule has 4 aromatic rings. The average Bonchev–Trinajstić information content (AvgIpc) is 3.04. The Morgan fingerprint density at radius 2 is 0.396 bits per heavy atom. The molecule has 4 rings (SSSR count). The molecule has 0 aliphatic heterocycles. The Kier molecular flexibility index (Phi) is 11.6. The zero-order valence-corrected chi connectivity index (χ0v) is 41.8. The maximum atomic E-state index is 2.54. The second kappa shape index (κ2) is 14.1. The van der Waals surface area contributed by atoms with Gasteiger partial charge in [0.2, 0.25) is 0 Å². The summed E-state index contributed by atoms with van der Waals surface area (Å²) in [5, 5.41) is 7.23. The van der Waals surface area contributed by atoms with Gasteiger partial charge in [-0.05, 0) is 20.2 Å². The molecule has 288 valence electrons. The maximum absolute atomic E-state index is 2.54. The summed E-state index contributed by atoms with van der Waals surface area (Å²) in [5.74, 6) is 0. The van der Waals surface area contributed by atoms with Crippen LogP contribution in [0.15, 0.2) is 97.1 Å². The fourth-order valence-electron chi connectivity index (χ4n) is 7.64.